The zero-order valence-corrected chi connectivity index (χ0v) is 13.9. The Morgan fingerprint density at radius 1 is 0.500 bits per heavy atom. The number of thiophene rings is 2. The standard InChI is InChI=1S/C20H8O2S2/c21-15-11-7-3-1-5-9(11)13-17(15)23-20-14-10-6-2-4-8-12(10)16(22)18(14)24-19(13)20/h1-8H. The van der Waals surface area contributed by atoms with Gasteiger partial charge in [0.15, 0.2) is 0 Å². The van der Waals surface area contributed by atoms with Crippen LogP contribution in [0.3, 0.4) is 0 Å². The molecule has 0 saturated carbocycles. The van der Waals surface area contributed by atoms with Crippen molar-refractivity contribution in [2.45, 2.75) is 0 Å². The van der Waals surface area contributed by atoms with Crippen LogP contribution in [-0.4, -0.2) is 0 Å². The average molecular weight is 344 g/mol. The van der Waals surface area contributed by atoms with E-state index in [9.17, 15) is 9.59 Å². The first kappa shape index (κ1) is 12.8. The molecule has 0 spiro atoms. The number of hydrogen-bond acceptors (Lipinski definition) is 4. The first-order valence-electron chi connectivity index (χ1n) is 7.63. The van der Waals surface area contributed by atoms with Crippen LogP contribution >= 0.6 is 22.7 Å². The summed E-state index contributed by atoms with van der Waals surface area (Å²) in [5, 5.41) is 5.62. The Balaban J connectivity index is 1.98. The summed E-state index contributed by atoms with van der Waals surface area (Å²) >= 11 is 3.07. The SMILES string of the molecule is O=c1c2ccccc2c2c1sc1c2sc2c(=O)c3ccccc3c21. The van der Waals surface area contributed by atoms with E-state index in [1.807, 2.05) is 48.5 Å². The second-order valence-corrected chi connectivity index (χ2v) is 8.06. The lowest BCUT2D eigenvalue weighted by Gasteiger charge is -1.89. The molecule has 4 aromatic carbocycles. The second-order valence-electron chi connectivity index (χ2n) is 6.02. The van der Waals surface area contributed by atoms with E-state index in [-0.39, 0.29) is 10.9 Å². The maximum atomic E-state index is 12.7. The van der Waals surface area contributed by atoms with Crippen molar-refractivity contribution in [2.75, 3.05) is 0 Å². The van der Waals surface area contributed by atoms with Gasteiger partial charge in [-0.15, -0.1) is 22.7 Å². The molecule has 0 aliphatic carbocycles. The molecule has 24 heavy (non-hydrogen) atoms. The van der Waals surface area contributed by atoms with Crippen LogP contribution in [0.25, 0.3) is 51.1 Å². The monoisotopic (exact) mass is 344 g/mol. The van der Waals surface area contributed by atoms with Gasteiger partial charge in [-0.1, -0.05) is 48.5 Å². The van der Waals surface area contributed by atoms with E-state index in [4.69, 9.17) is 0 Å². The lowest BCUT2D eigenvalue weighted by atomic mass is 10.2. The molecule has 0 radical (unpaired) electrons. The topological polar surface area (TPSA) is 34.1 Å². The van der Waals surface area contributed by atoms with Crippen LogP contribution in [-0.2, 0) is 0 Å². The summed E-state index contributed by atoms with van der Waals surface area (Å²) < 4.78 is 3.80. The fourth-order valence-corrected chi connectivity index (χ4v) is 6.62. The smallest absolute Gasteiger partial charge is 0.204 e. The molecule has 0 atom stereocenters. The van der Waals surface area contributed by atoms with Crippen LogP contribution in [0, 0.1) is 0 Å². The molecule has 0 amide bonds. The van der Waals surface area contributed by atoms with Gasteiger partial charge in [0.05, 0.1) is 18.8 Å². The van der Waals surface area contributed by atoms with Crippen LogP contribution < -0.4 is 10.9 Å². The summed E-state index contributed by atoms with van der Waals surface area (Å²) in [5.41, 5.74) is 0.223. The maximum Gasteiger partial charge on any atom is 0.204 e. The van der Waals surface area contributed by atoms with Crippen molar-refractivity contribution >= 4 is 73.8 Å². The molecule has 0 unspecified atom stereocenters. The zero-order chi connectivity index (χ0) is 16.0. The van der Waals surface area contributed by atoms with E-state index in [0.717, 1.165) is 51.1 Å². The largest absolute Gasteiger partial charge is 0.288 e. The van der Waals surface area contributed by atoms with Crippen molar-refractivity contribution in [1.82, 2.24) is 0 Å². The van der Waals surface area contributed by atoms with E-state index in [2.05, 4.69) is 0 Å². The molecular formula is C20H8O2S2. The van der Waals surface area contributed by atoms with Crippen LogP contribution in [0.2, 0.25) is 0 Å². The highest BCUT2D eigenvalue weighted by atomic mass is 32.1. The summed E-state index contributed by atoms with van der Waals surface area (Å²) in [6, 6.07) is 15.5. The van der Waals surface area contributed by atoms with Gasteiger partial charge in [-0.2, -0.15) is 0 Å². The Bertz CT molecular complexity index is 1420. The third kappa shape index (κ3) is 1.30. The highest BCUT2D eigenvalue weighted by Gasteiger charge is 2.22. The molecule has 112 valence electrons. The molecule has 0 saturated heterocycles. The normalized spacial score (nSPS) is 12.5. The van der Waals surface area contributed by atoms with Gasteiger partial charge in [-0.05, 0) is 10.8 Å². The van der Waals surface area contributed by atoms with Crippen LogP contribution in [0.4, 0.5) is 0 Å². The summed E-state index contributed by atoms with van der Waals surface area (Å²) in [6.07, 6.45) is 0. The fraction of sp³-hybridized carbons (Fsp3) is 0. The van der Waals surface area contributed by atoms with Crippen molar-refractivity contribution in [3.63, 3.8) is 0 Å². The minimum atomic E-state index is 0.111. The van der Waals surface area contributed by atoms with Crippen molar-refractivity contribution in [3.8, 4) is 0 Å². The molecular weight excluding hydrogens is 336 g/mol. The predicted octanol–water partition coefficient (Wildman–Crippen LogP) is 5.17. The third-order valence-electron chi connectivity index (χ3n) is 4.82. The average Bonchev–Trinajstić information content (AvgIpc) is 3.29. The Kier molecular flexibility index (Phi) is 2.19. The first-order chi connectivity index (χ1) is 11.8. The van der Waals surface area contributed by atoms with Crippen molar-refractivity contribution in [1.29, 1.82) is 0 Å². The number of hydrogen-bond donors (Lipinski definition) is 0. The minimum absolute atomic E-state index is 0.111. The maximum absolute atomic E-state index is 12.7. The Morgan fingerprint density at radius 2 is 0.875 bits per heavy atom. The van der Waals surface area contributed by atoms with Gasteiger partial charge >= 0.3 is 0 Å². The molecule has 0 bridgehead atoms. The number of rotatable bonds is 0. The van der Waals surface area contributed by atoms with E-state index in [0.29, 0.717) is 0 Å². The Hall–Kier alpha value is -2.56. The molecule has 0 aliphatic rings. The lowest BCUT2D eigenvalue weighted by molar-refractivity contribution is 1.81. The molecule has 6 aromatic rings. The highest BCUT2D eigenvalue weighted by Crippen LogP contribution is 2.47. The quantitative estimate of drug-likeness (QED) is 0.381. The van der Waals surface area contributed by atoms with Crippen LogP contribution in [0.15, 0.2) is 58.1 Å². The molecule has 4 heteroatoms. The first-order valence-corrected chi connectivity index (χ1v) is 9.26. The highest BCUT2D eigenvalue weighted by molar-refractivity contribution is 7.37. The molecule has 0 fully saturated rings. The Labute approximate surface area is 142 Å². The summed E-state index contributed by atoms with van der Waals surface area (Å²) in [7, 11) is 0. The molecule has 2 nitrogen and oxygen atoms in total. The van der Waals surface area contributed by atoms with E-state index in [1.54, 1.807) is 0 Å². The van der Waals surface area contributed by atoms with Gasteiger partial charge in [0.25, 0.3) is 0 Å². The van der Waals surface area contributed by atoms with Gasteiger partial charge in [-0.25, -0.2) is 0 Å². The number of benzene rings is 2. The summed E-state index contributed by atoms with van der Waals surface area (Å²) in [4.78, 5) is 25.4. The fourth-order valence-electron chi connectivity index (χ4n) is 3.79. The van der Waals surface area contributed by atoms with E-state index < -0.39 is 0 Å². The summed E-state index contributed by atoms with van der Waals surface area (Å²) in [6.45, 7) is 0. The van der Waals surface area contributed by atoms with E-state index >= 15 is 0 Å². The lowest BCUT2D eigenvalue weighted by Crippen LogP contribution is -1.91. The van der Waals surface area contributed by atoms with Crippen LogP contribution in [0.5, 0.6) is 0 Å². The van der Waals surface area contributed by atoms with Crippen molar-refractivity contribution in [2.24, 2.45) is 0 Å². The third-order valence-corrected chi connectivity index (χ3v) is 7.36. The molecule has 0 N–H and O–H groups in total. The molecule has 6 rings (SSSR count). The van der Waals surface area contributed by atoms with Gasteiger partial charge in [0, 0.05) is 21.5 Å². The molecule has 2 heterocycles. The van der Waals surface area contributed by atoms with Crippen molar-refractivity contribution < 1.29 is 0 Å². The van der Waals surface area contributed by atoms with Crippen LogP contribution in [0.1, 0.15) is 0 Å². The van der Waals surface area contributed by atoms with Gasteiger partial charge in [0.1, 0.15) is 0 Å². The van der Waals surface area contributed by atoms with Crippen molar-refractivity contribution in [3.05, 3.63) is 69.0 Å². The molecule has 0 aliphatic heterocycles. The van der Waals surface area contributed by atoms with Gasteiger partial charge < -0.3 is 0 Å². The predicted molar refractivity (Wildman–Crippen MR) is 105 cm³/mol. The summed E-state index contributed by atoms with van der Waals surface area (Å²) in [5.74, 6) is 0. The minimum Gasteiger partial charge on any atom is -0.288 e. The zero-order valence-electron chi connectivity index (χ0n) is 12.3. The Morgan fingerprint density at radius 3 is 1.29 bits per heavy atom. The second kappa shape index (κ2) is 4.09. The number of fused-ring (bicyclic) bond motifs is 9. The van der Waals surface area contributed by atoms with Gasteiger partial charge in [0.2, 0.25) is 10.9 Å². The molecule has 2 aromatic heterocycles. The van der Waals surface area contributed by atoms with E-state index in [1.165, 1.54) is 22.7 Å². The van der Waals surface area contributed by atoms with Gasteiger partial charge in [-0.3, -0.25) is 9.59 Å².